The van der Waals surface area contributed by atoms with Crippen LogP contribution in [0.5, 0.6) is 0 Å². The quantitative estimate of drug-likeness (QED) is 0.826. The van der Waals surface area contributed by atoms with Crippen LogP contribution in [0.1, 0.15) is 30.1 Å². The maximum absolute atomic E-state index is 5.37. The Labute approximate surface area is 108 Å². The van der Waals surface area contributed by atoms with E-state index in [-0.39, 0.29) is 0 Å². The normalized spacial score (nSPS) is 25.0. The maximum Gasteiger partial charge on any atom is 0.0594 e. The Kier molecular flexibility index (Phi) is 3.93. The predicted octanol–water partition coefficient (Wildman–Crippen LogP) is 0.709. The molecule has 0 bridgehead atoms. The molecule has 2 N–H and O–H groups in total. The van der Waals surface area contributed by atoms with Crippen molar-refractivity contribution in [3.63, 3.8) is 0 Å². The standard InChI is InChI=1S/C13H22N4O/c1(5-17-6-8-18-9-7-17)2-12-11-10-15-16-13(11)3-4-14-12/h10,12,14H,1-9H2,(H,15,16). The molecule has 5 heteroatoms. The second-order valence-corrected chi connectivity index (χ2v) is 5.16. The molecule has 100 valence electrons. The highest BCUT2D eigenvalue weighted by atomic mass is 16.5. The highest BCUT2D eigenvalue weighted by molar-refractivity contribution is 5.23. The maximum atomic E-state index is 5.37. The van der Waals surface area contributed by atoms with E-state index >= 15 is 0 Å². The molecule has 1 unspecified atom stereocenters. The number of aromatic nitrogens is 2. The fourth-order valence-electron chi connectivity index (χ4n) is 2.91. The third-order valence-corrected chi connectivity index (χ3v) is 3.96. The Bertz CT molecular complexity index is 373. The molecule has 0 radical (unpaired) electrons. The Morgan fingerprint density at radius 1 is 1.39 bits per heavy atom. The minimum Gasteiger partial charge on any atom is -0.379 e. The highest BCUT2D eigenvalue weighted by Crippen LogP contribution is 2.24. The summed E-state index contributed by atoms with van der Waals surface area (Å²) in [5.41, 5.74) is 2.70. The van der Waals surface area contributed by atoms with Crippen molar-refractivity contribution in [1.82, 2.24) is 20.4 Å². The molecular weight excluding hydrogens is 228 g/mol. The molecule has 0 aliphatic carbocycles. The molecule has 2 aliphatic heterocycles. The van der Waals surface area contributed by atoms with Crippen LogP contribution in [-0.4, -0.2) is 54.5 Å². The van der Waals surface area contributed by atoms with Gasteiger partial charge in [0.1, 0.15) is 0 Å². The number of fused-ring (bicyclic) bond motifs is 1. The lowest BCUT2D eigenvalue weighted by Gasteiger charge is -2.28. The molecule has 0 spiro atoms. The summed E-state index contributed by atoms with van der Waals surface area (Å²) in [5.74, 6) is 0. The zero-order chi connectivity index (χ0) is 12.2. The summed E-state index contributed by atoms with van der Waals surface area (Å²) in [6.07, 6.45) is 5.50. The van der Waals surface area contributed by atoms with Gasteiger partial charge < -0.3 is 10.1 Å². The number of morpholine rings is 1. The van der Waals surface area contributed by atoms with E-state index in [9.17, 15) is 0 Å². The molecule has 0 amide bonds. The minimum atomic E-state index is 0.494. The topological polar surface area (TPSA) is 53.2 Å². The van der Waals surface area contributed by atoms with Crippen LogP contribution >= 0.6 is 0 Å². The Morgan fingerprint density at radius 3 is 3.17 bits per heavy atom. The first-order valence-electron chi connectivity index (χ1n) is 6.99. The molecule has 2 aliphatic rings. The Morgan fingerprint density at radius 2 is 2.28 bits per heavy atom. The largest absolute Gasteiger partial charge is 0.379 e. The number of rotatable bonds is 4. The number of H-pyrrole nitrogens is 1. The first-order chi connectivity index (χ1) is 8.93. The Balaban J connectivity index is 1.46. The van der Waals surface area contributed by atoms with Crippen LogP contribution in [-0.2, 0) is 11.2 Å². The van der Waals surface area contributed by atoms with Crippen LogP contribution in [0.3, 0.4) is 0 Å². The zero-order valence-corrected chi connectivity index (χ0v) is 10.8. The van der Waals surface area contributed by atoms with Crippen molar-refractivity contribution in [3.05, 3.63) is 17.5 Å². The van der Waals surface area contributed by atoms with Gasteiger partial charge in [0.2, 0.25) is 0 Å². The fraction of sp³-hybridized carbons (Fsp3) is 0.769. The van der Waals surface area contributed by atoms with Gasteiger partial charge in [0.15, 0.2) is 0 Å². The van der Waals surface area contributed by atoms with E-state index in [1.165, 1.54) is 30.6 Å². The fourth-order valence-corrected chi connectivity index (χ4v) is 2.91. The van der Waals surface area contributed by atoms with E-state index in [2.05, 4.69) is 20.4 Å². The average molecular weight is 250 g/mol. The van der Waals surface area contributed by atoms with Crippen molar-refractivity contribution in [2.45, 2.75) is 25.3 Å². The molecule has 1 aromatic rings. The van der Waals surface area contributed by atoms with Gasteiger partial charge in [0.05, 0.1) is 19.4 Å². The lowest BCUT2D eigenvalue weighted by atomic mass is 9.97. The zero-order valence-electron chi connectivity index (χ0n) is 10.8. The second kappa shape index (κ2) is 5.82. The molecule has 1 aromatic heterocycles. The molecule has 1 atom stereocenters. The van der Waals surface area contributed by atoms with Crippen molar-refractivity contribution in [1.29, 1.82) is 0 Å². The highest BCUT2D eigenvalue weighted by Gasteiger charge is 2.21. The number of hydrogen-bond acceptors (Lipinski definition) is 4. The molecule has 1 saturated heterocycles. The molecular formula is C13H22N4O. The van der Waals surface area contributed by atoms with E-state index in [0.29, 0.717) is 6.04 Å². The first-order valence-corrected chi connectivity index (χ1v) is 6.99. The van der Waals surface area contributed by atoms with Gasteiger partial charge in [0, 0.05) is 43.4 Å². The van der Waals surface area contributed by atoms with Gasteiger partial charge in [-0.3, -0.25) is 10.00 Å². The molecule has 5 nitrogen and oxygen atoms in total. The van der Waals surface area contributed by atoms with Gasteiger partial charge in [-0.2, -0.15) is 5.10 Å². The predicted molar refractivity (Wildman–Crippen MR) is 69.5 cm³/mol. The average Bonchev–Trinajstić information content (AvgIpc) is 2.89. The molecule has 0 saturated carbocycles. The van der Waals surface area contributed by atoms with Crippen molar-refractivity contribution >= 4 is 0 Å². The number of aromatic amines is 1. The summed E-state index contributed by atoms with van der Waals surface area (Å²) in [4.78, 5) is 2.50. The van der Waals surface area contributed by atoms with E-state index < -0.39 is 0 Å². The van der Waals surface area contributed by atoms with Crippen molar-refractivity contribution < 1.29 is 4.74 Å². The van der Waals surface area contributed by atoms with Crippen LogP contribution in [0.2, 0.25) is 0 Å². The minimum absolute atomic E-state index is 0.494. The monoisotopic (exact) mass is 250 g/mol. The van der Waals surface area contributed by atoms with Crippen LogP contribution < -0.4 is 5.32 Å². The van der Waals surface area contributed by atoms with Crippen molar-refractivity contribution in [2.24, 2.45) is 0 Å². The summed E-state index contributed by atoms with van der Waals surface area (Å²) in [5, 5.41) is 10.9. The SMILES string of the molecule is c1n[nH]c2c1C(CCCN1CCOCC1)NCC2. The van der Waals surface area contributed by atoms with Crippen LogP contribution in [0, 0.1) is 0 Å². The lowest BCUT2D eigenvalue weighted by molar-refractivity contribution is 0.0368. The van der Waals surface area contributed by atoms with Crippen LogP contribution in [0.25, 0.3) is 0 Å². The van der Waals surface area contributed by atoms with Crippen LogP contribution in [0.15, 0.2) is 6.20 Å². The van der Waals surface area contributed by atoms with Gasteiger partial charge in [-0.25, -0.2) is 0 Å². The van der Waals surface area contributed by atoms with E-state index in [1.54, 1.807) is 0 Å². The molecule has 1 fully saturated rings. The number of nitrogens with one attached hydrogen (secondary N) is 2. The number of hydrogen-bond donors (Lipinski definition) is 2. The van der Waals surface area contributed by atoms with E-state index in [4.69, 9.17) is 4.74 Å². The number of ether oxygens (including phenoxy) is 1. The smallest absolute Gasteiger partial charge is 0.0594 e. The lowest BCUT2D eigenvalue weighted by Crippen LogP contribution is -2.37. The summed E-state index contributed by atoms with van der Waals surface area (Å²) >= 11 is 0. The van der Waals surface area contributed by atoms with E-state index in [0.717, 1.165) is 39.3 Å². The van der Waals surface area contributed by atoms with Crippen LogP contribution in [0.4, 0.5) is 0 Å². The summed E-state index contributed by atoms with van der Waals surface area (Å²) in [7, 11) is 0. The third kappa shape index (κ3) is 2.74. The van der Waals surface area contributed by atoms with Gasteiger partial charge in [0.25, 0.3) is 0 Å². The third-order valence-electron chi connectivity index (χ3n) is 3.96. The molecule has 18 heavy (non-hydrogen) atoms. The summed E-state index contributed by atoms with van der Waals surface area (Å²) in [6.45, 7) is 6.23. The second-order valence-electron chi connectivity index (χ2n) is 5.16. The summed E-state index contributed by atoms with van der Waals surface area (Å²) < 4.78 is 5.37. The first kappa shape index (κ1) is 12.1. The Hall–Kier alpha value is -0.910. The number of nitrogens with zero attached hydrogens (tertiary/aromatic N) is 2. The van der Waals surface area contributed by atoms with Gasteiger partial charge >= 0.3 is 0 Å². The van der Waals surface area contributed by atoms with E-state index in [1.807, 2.05) is 6.20 Å². The molecule has 3 rings (SSSR count). The molecule has 0 aromatic carbocycles. The van der Waals surface area contributed by atoms with Crippen molar-refractivity contribution in [2.75, 3.05) is 39.4 Å². The summed E-state index contributed by atoms with van der Waals surface area (Å²) in [6, 6.07) is 0.494. The van der Waals surface area contributed by atoms with Gasteiger partial charge in [-0.05, 0) is 19.4 Å². The molecule has 3 heterocycles. The van der Waals surface area contributed by atoms with Gasteiger partial charge in [-0.1, -0.05) is 0 Å². The van der Waals surface area contributed by atoms with Gasteiger partial charge in [-0.15, -0.1) is 0 Å². The van der Waals surface area contributed by atoms with Crippen molar-refractivity contribution in [3.8, 4) is 0 Å².